The van der Waals surface area contributed by atoms with Crippen molar-refractivity contribution in [1.82, 2.24) is 20.2 Å². The van der Waals surface area contributed by atoms with Crippen LogP contribution in [0.15, 0.2) is 42.9 Å². The molecule has 5 rings (SSSR count). The van der Waals surface area contributed by atoms with E-state index in [2.05, 4.69) is 57.8 Å². The lowest BCUT2D eigenvalue weighted by Gasteiger charge is -2.44. The Labute approximate surface area is 212 Å². The van der Waals surface area contributed by atoms with Crippen molar-refractivity contribution in [2.45, 2.75) is 50.7 Å². The first kappa shape index (κ1) is 23.9. The van der Waals surface area contributed by atoms with Gasteiger partial charge in [0.25, 0.3) is 0 Å². The van der Waals surface area contributed by atoms with E-state index in [-0.39, 0.29) is 23.9 Å². The van der Waals surface area contributed by atoms with Gasteiger partial charge in [-0.05, 0) is 30.5 Å². The zero-order valence-electron chi connectivity index (χ0n) is 20.7. The molecular weight excluding hydrogens is 462 g/mol. The Balaban J connectivity index is 1.38. The fourth-order valence-electron chi connectivity index (χ4n) is 5.62. The molecule has 2 bridgehead atoms. The molecule has 3 aliphatic rings. The number of amides is 1. The molecule has 3 atom stereocenters. The van der Waals surface area contributed by atoms with Crippen molar-refractivity contribution in [3.8, 4) is 0 Å². The second-order valence-electron chi connectivity index (χ2n) is 10.2. The molecule has 186 valence electrons. The fourth-order valence-corrected chi connectivity index (χ4v) is 5.75. The maximum Gasteiger partial charge on any atom is 0.231 e. The monoisotopic (exact) mass is 495 g/mol. The Hall–Kier alpha value is -2.84. The van der Waals surface area contributed by atoms with E-state index < -0.39 is 0 Å². The minimum atomic E-state index is -0.242. The van der Waals surface area contributed by atoms with Crippen LogP contribution in [0.3, 0.4) is 0 Å². The van der Waals surface area contributed by atoms with Gasteiger partial charge in [0.1, 0.15) is 12.0 Å². The number of likely N-dealkylation sites (N-methyl/N-ethyl adjacent to an activating group) is 1. The minimum absolute atomic E-state index is 0.178. The molecule has 8 nitrogen and oxygen atoms in total. The van der Waals surface area contributed by atoms with Gasteiger partial charge in [0.05, 0.1) is 12.5 Å². The number of halogens is 1. The number of nitrogens with zero attached hydrogens (tertiary/aromatic N) is 5. The molecule has 4 heterocycles. The van der Waals surface area contributed by atoms with Crippen LogP contribution in [-0.4, -0.2) is 72.1 Å². The van der Waals surface area contributed by atoms with E-state index in [0.29, 0.717) is 37.2 Å². The molecule has 0 spiro atoms. The van der Waals surface area contributed by atoms with Crippen LogP contribution >= 0.6 is 11.6 Å². The van der Waals surface area contributed by atoms with Crippen molar-refractivity contribution in [3.63, 3.8) is 0 Å². The maximum atomic E-state index is 13.9. The molecule has 2 N–H and O–H groups in total. The summed E-state index contributed by atoms with van der Waals surface area (Å²) in [5, 5.41) is 7.46. The van der Waals surface area contributed by atoms with Crippen LogP contribution in [0.4, 0.5) is 17.3 Å². The number of aromatic nitrogens is 2. The first-order valence-electron chi connectivity index (χ1n) is 12.4. The lowest BCUT2D eigenvalue weighted by Crippen LogP contribution is -2.57. The molecule has 35 heavy (non-hydrogen) atoms. The summed E-state index contributed by atoms with van der Waals surface area (Å²) in [6, 6.07) is 8.45. The Bertz CT molecular complexity index is 1090. The molecule has 2 saturated heterocycles. The van der Waals surface area contributed by atoms with E-state index in [4.69, 9.17) is 16.6 Å². The van der Waals surface area contributed by atoms with Crippen LogP contribution in [0, 0.1) is 0 Å². The van der Waals surface area contributed by atoms with Crippen LogP contribution < -0.4 is 20.4 Å². The van der Waals surface area contributed by atoms with E-state index in [0.717, 1.165) is 41.4 Å². The van der Waals surface area contributed by atoms with Gasteiger partial charge in [0.2, 0.25) is 5.91 Å². The van der Waals surface area contributed by atoms with Crippen LogP contribution in [0.25, 0.3) is 0 Å². The van der Waals surface area contributed by atoms with Crippen LogP contribution in [0.5, 0.6) is 0 Å². The summed E-state index contributed by atoms with van der Waals surface area (Å²) in [4.78, 5) is 29.7. The van der Waals surface area contributed by atoms with E-state index >= 15 is 0 Å². The van der Waals surface area contributed by atoms with Crippen LogP contribution in [-0.2, 0) is 4.79 Å². The predicted octanol–water partition coefficient (Wildman–Crippen LogP) is 3.47. The van der Waals surface area contributed by atoms with Gasteiger partial charge in [-0.2, -0.15) is 0 Å². The smallest absolute Gasteiger partial charge is 0.231 e. The highest BCUT2D eigenvalue weighted by atomic mass is 35.5. The van der Waals surface area contributed by atoms with Gasteiger partial charge in [-0.3, -0.25) is 4.79 Å². The van der Waals surface area contributed by atoms with Crippen LogP contribution in [0.1, 0.15) is 38.2 Å². The quantitative estimate of drug-likeness (QED) is 0.635. The number of fused-ring (bicyclic) bond motifs is 3. The zero-order chi connectivity index (χ0) is 24.7. The normalized spacial score (nSPS) is 22.3. The third kappa shape index (κ3) is 4.69. The zero-order valence-corrected chi connectivity index (χ0v) is 21.4. The Morgan fingerprint density at radius 3 is 2.54 bits per heavy atom. The Morgan fingerprint density at radius 2 is 1.89 bits per heavy atom. The van der Waals surface area contributed by atoms with Crippen LogP contribution in [0.2, 0.25) is 5.02 Å². The summed E-state index contributed by atoms with van der Waals surface area (Å²) >= 11 is 6.12. The summed E-state index contributed by atoms with van der Waals surface area (Å²) in [7, 11) is 2.05. The first-order chi connectivity index (χ1) is 16.8. The molecule has 3 aliphatic heterocycles. The summed E-state index contributed by atoms with van der Waals surface area (Å²) in [6.45, 7) is 11.0. The molecular formula is C26H34ClN7O. The molecule has 1 aromatic carbocycles. The summed E-state index contributed by atoms with van der Waals surface area (Å²) in [5.74, 6) is 1.69. The fraction of sp³-hybridized carbons (Fsp3) is 0.500. The van der Waals surface area contributed by atoms with E-state index in [1.165, 1.54) is 0 Å². The van der Waals surface area contributed by atoms with Crippen molar-refractivity contribution in [2.75, 3.05) is 48.3 Å². The Morgan fingerprint density at radius 1 is 1.20 bits per heavy atom. The van der Waals surface area contributed by atoms with Gasteiger partial charge in [0, 0.05) is 55.5 Å². The lowest BCUT2D eigenvalue weighted by atomic mass is 9.96. The second kappa shape index (κ2) is 9.66. The highest BCUT2D eigenvalue weighted by Gasteiger charge is 2.45. The van der Waals surface area contributed by atoms with E-state index in [1.54, 1.807) is 6.33 Å². The molecule has 2 unspecified atom stereocenters. The highest BCUT2D eigenvalue weighted by Crippen LogP contribution is 2.43. The third-order valence-corrected chi connectivity index (χ3v) is 7.50. The number of anilines is 3. The number of hydrogen-bond donors (Lipinski definition) is 2. The van der Waals surface area contributed by atoms with E-state index in [9.17, 15) is 4.79 Å². The highest BCUT2D eigenvalue weighted by molar-refractivity contribution is 6.30. The molecule has 2 aromatic rings. The number of rotatable bonds is 6. The summed E-state index contributed by atoms with van der Waals surface area (Å²) < 4.78 is 0. The van der Waals surface area contributed by atoms with Crippen molar-refractivity contribution >= 4 is 34.8 Å². The van der Waals surface area contributed by atoms with Gasteiger partial charge in [-0.15, -0.1) is 0 Å². The summed E-state index contributed by atoms with van der Waals surface area (Å²) in [5.41, 5.74) is 2.93. The molecule has 0 radical (unpaired) electrons. The largest absolute Gasteiger partial charge is 0.363 e. The number of likely N-dealkylation sites (tertiary alicyclic amines) is 1. The molecule has 2 fully saturated rings. The van der Waals surface area contributed by atoms with Crippen molar-refractivity contribution in [1.29, 1.82) is 0 Å². The van der Waals surface area contributed by atoms with Crippen molar-refractivity contribution in [2.24, 2.45) is 0 Å². The van der Waals surface area contributed by atoms with Gasteiger partial charge in [-0.1, -0.05) is 44.2 Å². The molecule has 0 aliphatic carbocycles. The van der Waals surface area contributed by atoms with Gasteiger partial charge in [0.15, 0.2) is 11.6 Å². The van der Waals surface area contributed by atoms with Crippen molar-refractivity contribution in [3.05, 3.63) is 53.5 Å². The number of hydrogen-bond acceptors (Lipinski definition) is 7. The molecule has 1 aromatic heterocycles. The summed E-state index contributed by atoms with van der Waals surface area (Å²) in [6.07, 6.45) is 3.72. The molecule has 1 amide bonds. The average Bonchev–Trinajstić information content (AvgIpc) is 3.08. The standard InChI is InChI=1S/C26H34ClN7O/c1-16(2)28-11-22(18-5-7-19(27)8-6-18)26(35)33-13-20-9-10-21(14-33)34(20)25-23-24(29-15-30-25)31-17(3)12-32(23)4/h5-8,15-16,20-22,28H,3,9-14H2,1-2,4H3,(H,29,30,31)/t20?,21?,22-/m1/s1. The van der Waals surface area contributed by atoms with Gasteiger partial charge >= 0.3 is 0 Å². The third-order valence-electron chi connectivity index (χ3n) is 7.25. The molecule has 9 heteroatoms. The predicted molar refractivity (Wildman–Crippen MR) is 141 cm³/mol. The first-order valence-corrected chi connectivity index (χ1v) is 12.8. The number of carbonyl (C=O) groups excluding carboxylic acids is 1. The maximum absolute atomic E-state index is 13.9. The number of carbonyl (C=O) groups is 1. The number of benzene rings is 1. The van der Waals surface area contributed by atoms with Gasteiger partial charge in [-0.25, -0.2) is 9.97 Å². The molecule has 0 saturated carbocycles. The topological polar surface area (TPSA) is 76.6 Å². The van der Waals surface area contributed by atoms with E-state index in [1.807, 2.05) is 24.3 Å². The Kier molecular flexibility index (Phi) is 6.59. The number of piperazine rings is 1. The van der Waals surface area contributed by atoms with Crippen molar-refractivity contribution < 1.29 is 4.79 Å². The number of nitrogens with one attached hydrogen (secondary N) is 2. The lowest BCUT2D eigenvalue weighted by molar-refractivity contribution is -0.133. The average molecular weight is 496 g/mol. The second-order valence-corrected chi connectivity index (χ2v) is 10.6. The minimum Gasteiger partial charge on any atom is -0.363 e. The van der Waals surface area contributed by atoms with Gasteiger partial charge < -0.3 is 25.3 Å². The SMILES string of the molecule is C=C1CN(C)c2c(ncnc2N2C3CCC2CN(C(=O)[C@H](CNC(C)C)c2ccc(Cl)cc2)C3)N1.